The summed E-state index contributed by atoms with van der Waals surface area (Å²) in [5, 5.41) is 13.6. The van der Waals surface area contributed by atoms with Gasteiger partial charge >= 0.3 is 5.97 Å². The van der Waals surface area contributed by atoms with E-state index in [0.29, 0.717) is 18.5 Å². The van der Waals surface area contributed by atoms with Crippen LogP contribution in [-0.2, 0) is 10.2 Å². The maximum Gasteiger partial charge on any atom is 0.315 e. The minimum Gasteiger partial charge on any atom is -0.481 e. The highest BCUT2D eigenvalue weighted by atomic mass is 79.9. The standard InChI is InChI=1S/C13H11BrN2O2/c14-9-1-3-10(4-2-9)16-8-5-11(15-16)13(6-7-13)12(17)18/h1-5,8H,6-7H2,(H,17,18). The molecule has 92 valence electrons. The van der Waals surface area contributed by atoms with Gasteiger partial charge in [0, 0.05) is 10.7 Å². The van der Waals surface area contributed by atoms with Crippen molar-refractivity contribution in [1.29, 1.82) is 0 Å². The first-order chi connectivity index (χ1) is 8.62. The topological polar surface area (TPSA) is 55.1 Å². The predicted molar refractivity (Wildman–Crippen MR) is 69.8 cm³/mol. The van der Waals surface area contributed by atoms with E-state index in [9.17, 15) is 9.90 Å². The Hall–Kier alpha value is -1.62. The maximum absolute atomic E-state index is 11.2. The summed E-state index contributed by atoms with van der Waals surface area (Å²) < 4.78 is 2.72. The molecule has 4 nitrogen and oxygen atoms in total. The van der Waals surface area contributed by atoms with Crippen molar-refractivity contribution in [3.8, 4) is 5.69 Å². The van der Waals surface area contributed by atoms with Crippen LogP contribution in [-0.4, -0.2) is 20.9 Å². The number of rotatable bonds is 3. The van der Waals surface area contributed by atoms with Gasteiger partial charge in [0.15, 0.2) is 0 Å². The molecule has 18 heavy (non-hydrogen) atoms. The fourth-order valence-corrected chi connectivity index (χ4v) is 2.29. The van der Waals surface area contributed by atoms with Crippen LogP contribution >= 0.6 is 15.9 Å². The number of carboxylic acid groups (broad SMARTS) is 1. The Balaban J connectivity index is 1.95. The van der Waals surface area contributed by atoms with Gasteiger partial charge in [-0.1, -0.05) is 15.9 Å². The number of aliphatic carboxylic acids is 1. The van der Waals surface area contributed by atoms with Crippen molar-refractivity contribution in [3.63, 3.8) is 0 Å². The van der Waals surface area contributed by atoms with Gasteiger partial charge in [0.2, 0.25) is 0 Å². The summed E-state index contributed by atoms with van der Waals surface area (Å²) in [5.74, 6) is -0.774. The lowest BCUT2D eigenvalue weighted by Gasteiger charge is -2.05. The van der Waals surface area contributed by atoms with Gasteiger partial charge in [-0.05, 0) is 43.2 Å². The second-order valence-electron chi connectivity index (χ2n) is 4.51. The molecule has 3 rings (SSSR count). The lowest BCUT2D eigenvalue weighted by molar-refractivity contribution is -0.140. The molecule has 1 aromatic heterocycles. The molecular formula is C13H11BrN2O2. The van der Waals surface area contributed by atoms with Crippen molar-refractivity contribution in [2.45, 2.75) is 18.3 Å². The van der Waals surface area contributed by atoms with Gasteiger partial charge in [-0.2, -0.15) is 5.10 Å². The molecule has 0 unspecified atom stereocenters. The predicted octanol–water partition coefficient (Wildman–Crippen LogP) is 2.75. The largest absolute Gasteiger partial charge is 0.481 e. The van der Waals surface area contributed by atoms with Crippen LogP contribution in [0.5, 0.6) is 0 Å². The minimum absolute atomic E-state index is 0.651. The molecule has 1 aliphatic carbocycles. The van der Waals surface area contributed by atoms with Crippen LogP contribution in [0, 0.1) is 0 Å². The minimum atomic E-state index is -0.774. The van der Waals surface area contributed by atoms with E-state index in [1.807, 2.05) is 30.5 Å². The highest BCUT2D eigenvalue weighted by Gasteiger charge is 2.53. The van der Waals surface area contributed by atoms with E-state index in [-0.39, 0.29) is 0 Å². The van der Waals surface area contributed by atoms with Crippen molar-refractivity contribution in [1.82, 2.24) is 9.78 Å². The molecule has 5 heteroatoms. The first-order valence-electron chi connectivity index (χ1n) is 5.67. The Morgan fingerprint density at radius 1 is 1.28 bits per heavy atom. The van der Waals surface area contributed by atoms with E-state index in [2.05, 4.69) is 21.0 Å². The monoisotopic (exact) mass is 306 g/mol. The zero-order valence-corrected chi connectivity index (χ0v) is 11.1. The number of nitrogens with zero attached hydrogens (tertiary/aromatic N) is 2. The number of aromatic nitrogens is 2. The van der Waals surface area contributed by atoms with Crippen molar-refractivity contribution in [2.75, 3.05) is 0 Å². The average Bonchev–Trinajstić information content (AvgIpc) is 3.03. The molecular weight excluding hydrogens is 296 g/mol. The smallest absolute Gasteiger partial charge is 0.315 e. The van der Waals surface area contributed by atoms with Gasteiger partial charge in [0.1, 0.15) is 5.41 Å². The summed E-state index contributed by atoms with van der Waals surface area (Å²) in [6.07, 6.45) is 3.17. The Labute approximate surface area is 112 Å². The first kappa shape index (κ1) is 11.5. The van der Waals surface area contributed by atoms with Crippen LogP contribution in [0.4, 0.5) is 0 Å². The van der Waals surface area contributed by atoms with Gasteiger partial charge in [-0.15, -0.1) is 0 Å². The average molecular weight is 307 g/mol. The summed E-state index contributed by atoms with van der Waals surface area (Å²) in [6, 6.07) is 9.52. The van der Waals surface area contributed by atoms with Crippen molar-refractivity contribution in [3.05, 3.63) is 46.7 Å². The quantitative estimate of drug-likeness (QED) is 0.948. The van der Waals surface area contributed by atoms with Crippen molar-refractivity contribution in [2.24, 2.45) is 0 Å². The van der Waals surface area contributed by atoms with Crippen LogP contribution in [0.15, 0.2) is 41.0 Å². The van der Waals surface area contributed by atoms with Crippen molar-refractivity contribution < 1.29 is 9.90 Å². The Bertz CT molecular complexity index is 600. The van der Waals surface area contributed by atoms with E-state index < -0.39 is 11.4 Å². The summed E-state index contributed by atoms with van der Waals surface area (Å²) in [7, 11) is 0. The number of benzene rings is 1. The number of carbonyl (C=O) groups is 1. The molecule has 0 saturated heterocycles. The van der Waals surface area contributed by atoms with E-state index >= 15 is 0 Å². The van der Waals surface area contributed by atoms with Gasteiger partial charge in [-0.25, -0.2) is 4.68 Å². The second kappa shape index (κ2) is 3.95. The Kier molecular flexibility index (Phi) is 2.52. The molecule has 1 aromatic carbocycles. The Morgan fingerprint density at radius 2 is 1.94 bits per heavy atom. The number of carboxylic acids is 1. The molecule has 1 fully saturated rings. The normalized spacial score (nSPS) is 16.5. The fraction of sp³-hybridized carbons (Fsp3) is 0.231. The SMILES string of the molecule is O=C(O)C1(c2ccn(-c3ccc(Br)cc3)n2)CC1. The fourth-order valence-electron chi connectivity index (χ4n) is 2.02. The molecule has 0 atom stereocenters. The lowest BCUT2D eigenvalue weighted by atomic mass is 10.0. The first-order valence-corrected chi connectivity index (χ1v) is 6.47. The van der Waals surface area contributed by atoms with Crippen LogP contribution in [0.1, 0.15) is 18.5 Å². The van der Waals surface area contributed by atoms with Gasteiger partial charge in [0.25, 0.3) is 0 Å². The number of hydrogen-bond donors (Lipinski definition) is 1. The van der Waals surface area contributed by atoms with Crippen LogP contribution in [0.25, 0.3) is 5.69 Å². The zero-order valence-electron chi connectivity index (χ0n) is 9.51. The van der Waals surface area contributed by atoms with Gasteiger partial charge in [0.05, 0.1) is 11.4 Å². The molecule has 0 amide bonds. The Morgan fingerprint density at radius 3 is 2.50 bits per heavy atom. The van der Waals surface area contributed by atoms with Crippen LogP contribution in [0.3, 0.4) is 0 Å². The summed E-state index contributed by atoms with van der Waals surface area (Å²) in [5.41, 5.74) is 0.837. The molecule has 0 aliphatic heterocycles. The van der Waals surface area contributed by atoms with E-state index in [4.69, 9.17) is 0 Å². The third-order valence-corrected chi connectivity index (χ3v) is 3.86. The molecule has 0 radical (unpaired) electrons. The van der Waals surface area contributed by atoms with Gasteiger partial charge in [-0.3, -0.25) is 4.79 Å². The van der Waals surface area contributed by atoms with E-state index in [0.717, 1.165) is 10.2 Å². The summed E-state index contributed by atoms with van der Waals surface area (Å²) >= 11 is 3.38. The summed E-state index contributed by atoms with van der Waals surface area (Å²) in [6.45, 7) is 0. The maximum atomic E-state index is 11.2. The van der Waals surface area contributed by atoms with Crippen LogP contribution in [0.2, 0.25) is 0 Å². The molecule has 1 saturated carbocycles. The van der Waals surface area contributed by atoms with E-state index in [1.54, 1.807) is 10.7 Å². The molecule has 1 N–H and O–H groups in total. The molecule has 1 aliphatic rings. The summed E-state index contributed by atoms with van der Waals surface area (Å²) in [4.78, 5) is 11.2. The highest BCUT2D eigenvalue weighted by molar-refractivity contribution is 9.10. The van der Waals surface area contributed by atoms with Crippen LogP contribution < -0.4 is 0 Å². The third kappa shape index (κ3) is 1.75. The third-order valence-electron chi connectivity index (χ3n) is 3.33. The lowest BCUT2D eigenvalue weighted by Crippen LogP contribution is -2.20. The highest BCUT2D eigenvalue weighted by Crippen LogP contribution is 2.47. The molecule has 1 heterocycles. The van der Waals surface area contributed by atoms with Crippen molar-refractivity contribution >= 4 is 21.9 Å². The van der Waals surface area contributed by atoms with Gasteiger partial charge < -0.3 is 5.11 Å². The van der Waals surface area contributed by atoms with E-state index in [1.165, 1.54) is 0 Å². The second-order valence-corrected chi connectivity index (χ2v) is 5.42. The molecule has 0 spiro atoms. The number of halogens is 1. The number of hydrogen-bond acceptors (Lipinski definition) is 2. The zero-order chi connectivity index (χ0) is 12.8. The molecule has 0 bridgehead atoms. The molecule has 2 aromatic rings.